The maximum Gasteiger partial charge on any atom is 0.193 e. The lowest BCUT2D eigenvalue weighted by molar-refractivity contribution is -0.201. The van der Waals surface area contributed by atoms with Crippen molar-refractivity contribution in [3.05, 3.63) is 83.5 Å². The van der Waals surface area contributed by atoms with E-state index in [4.69, 9.17) is 15.2 Å². The van der Waals surface area contributed by atoms with Gasteiger partial charge in [-0.2, -0.15) is 0 Å². The van der Waals surface area contributed by atoms with E-state index in [0.717, 1.165) is 45.9 Å². The Kier molecular flexibility index (Phi) is 7.02. The lowest BCUT2D eigenvalue weighted by Crippen LogP contribution is -2.63. The van der Waals surface area contributed by atoms with Gasteiger partial charge in [0.25, 0.3) is 0 Å². The number of aliphatic hydroxyl groups excluding tert-OH is 2. The van der Waals surface area contributed by atoms with Gasteiger partial charge in [-0.05, 0) is 73.4 Å². The van der Waals surface area contributed by atoms with Crippen molar-refractivity contribution in [3.63, 3.8) is 0 Å². The van der Waals surface area contributed by atoms with E-state index in [-0.39, 0.29) is 29.3 Å². The van der Waals surface area contributed by atoms with Crippen LogP contribution >= 0.6 is 11.8 Å². The van der Waals surface area contributed by atoms with E-state index >= 15 is 0 Å². The zero-order valence-electron chi connectivity index (χ0n) is 24.6. The van der Waals surface area contributed by atoms with Crippen LogP contribution in [0.25, 0.3) is 0 Å². The molecule has 2 unspecified atom stereocenters. The number of allylic oxidation sites excluding steroid dienone is 4. The summed E-state index contributed by atoms with van der Waals surface area (Å²) in [6.45, 7) is 3.55. The Balaban J connectivity index is 1.14. The summed E-state index contributed by atoms with van der Waals surface area (Å²) in [5, 5.41) is 22.0. The Morgan fingerprint density at radius 3 is 2.70 bits per heavy atom. The van der Waals surface area contributed by atoms with Gasteiger partial charge in [0.2, 0.25) is 0 Å². The molecule has 4 aliphatic carbocycles. The van der Waals surface area contributed by atoms with Crippen molar-refractivity contribution in [2.45, 2.75) is 74.3 Å². The first-order valence-corrected chi connectivity index (χ1v) is 16.2. The lowest BCUT2D eigenvalue weighted by Gasteiger charge is -2.59. The van der Waals surface area contributed by atoms with Gasteiger partial charge < -0.3 is 25.4 Å². The number of rotatable bonds is 6. The Morgan fingerprint density at radius 2 is 1.95 bits per heavy atom. The minimum Gasteiger partial charge on any atom is -0.399 e. The molecule has 0 aromatic heterocycles. The second kappa shape index (κ2) is 10.4. The summed E-state index contributed by atoms with van der Waals surface area (Å²) in [5.74, 6) is 0.541. The number of fused-ring (bicyclic) bond motifs is 7. The summed E-state index contributed by atoms with van der Waals surface area (Å²) >= 11 is 1.71. The highest BCUT2D eigenvalue weighted by molar-refractivity contribution is 7.98. The third-order valence-electron chi connectivity index (χ3n) is 11.3. The number of Topliss-reactive ketones (excluding diaryl/α,β-unsaturated/α-hetero) is 1. The monoisotopic (exact) mass is 601 g/mol. The largest absolute Gasteiger partial charge is 0.399 e. The molecule has 2 aromatic carbocycles. The molecule has 43 heavy (non-hydrogen) atoms. The van der Waals surface area contributed by atoms with Crippen molar-refractivity contribution in [3.8, 4) is 0 Å². The van der Waals surface area contributed by atoms with Crippen LogP contribution in [0.5, 0.6) is 0 Å². The zero-order chi connectivity index (χ0) is 30.1. The molecule has 8 heteroatoms. The Labute approximate surface area is 256 Å². The van der Waals surface area contributed by atoms with Crippen LogP contribution < -0.4 is 5.73 Å². The maximum atomic E-state index is 13.7. The summed E-state index contributed by atoms with van der Waals surface area (Å²) < 4.78 is 13.3. The summed E-state index contributed by atoms with van der Waals surface area (Å²) in [6.07, 6.45) is 6.00. The molecule has 1 aliphatic heterocycles. The average Bonchev–Trinajstić information content (AvgIpc) is 3.49. The molecule has 4 N–H and O–H groups in total. The lowest BCUT2D eigenvalue weighted by atomic mass is 9.46. The van der Waals surface area contributed by atoms with E-state index in [0.29, 0.717) is 12.8 Å². The molecule has 7 nitrogen and oxygen atoms in total. The van der Waals surface area contributed by atoms with Crippen LogP contribution in [0.4, 0.5) is 5.69 Å². The second-order valence-corrected chi connectivity index (χ2v) is 14.5. The van der Waals surface area contributed by atoms with Crippen molar-refractivity contribution in [2.75, 3.05) is 12.3 Å². The van der Waals surface area contributed by atoms with Gasteiger partial charge >= 0.3 is 0 Å². The SMILES string of the molecule is C[C@]12C=CC(=O)C=C1CC[C@@H]1C2[C@@H](O)C[C@@]2(C)C1C[C@H]1O[C@@H](c3ccc(CSc4cccc(N)c4)cc3)O[C@]12C(=O)CO. The number of carbonyl (C=O) groups is 2. The molecule has 0 amide bonds. The normalized spacial score (nSPS) is 39.4. The number of ether oxygens (including phenoxy) is 2. The third-order valence-corrected chi connectivity index (χ3v) is 12.4. The number of hydrogen-bond donors (Lipinski definition) is 3. The number of nitrogens with two attached hydrogens (primary N) is 1. The van der Waals surface area contributed by atoms with Gasteiger partial charge in [0, 0.05) is 38.6 Å². The topological polar surface area (TPSA) is 119 Å². The fourth-order valence-corrected chi connectivity index (χ4v) is 10.3. The van der Waals surface area contributed by atoms with Gasteiger partial charge in [0.15, 0.2) is 23.5 Å². The molecule has 0 radical (unpaired) electrons. The molecule has 5 aliphatic rings. The maximum absolute atomic E-state index is 13.7. The number of hydrogen-bond acceptors (Lipinski definition) is 8. The summed E-state index contributed by atoms with van der Waals surface area (Å²) in [5.41, 5.74) is 7.24. The average molecular weight is 602 g/mol. The van der Waals surface area contributed by atoms with Crippen LogP contribution in [0.15, 0.2) is 77.2 Å². The molecule has 0 spiro atoms. The highest BCUT2D eigenvalue weighted by Crippen LogP contribution is 2.70. The molecular formula is C35H39NO6S. The van der Waals surface area contributed by atoms with Gasteiger partial charge in [-0.3, -0.25) is 9.59 Å². The van der Waals surface area contributed by atoms with Crippen molar-refractivity contribution >= 4 is 29.0 Å². The molecule has 0 bridgehead atoms. The second-order valence-electron chi connectivity index (χ2n) is 13.4. The van der Waals surface area contributed by atoms with E-state index in [9.17, 15) is 19.8 Å². The van der Waals surface area contributed by atoms with E-state index in [2.05, 4.69) is 13.8 Å². The highest BCUT2D eigenvalue weighted by atomic mass is 32.2. The smallest absolute Gasteiger partial charge is 0.193 e. The summed E-state index contributed by atoms with van der Waals surface area (Å²) in [7, 11) is 0. The molecule has 1 heterocycles. The summed E-state index contributed by atoms with van der Waals surface area (Å²) in [6, 6.07) is 15.9. The minimum atomic E-state index is -1.35. The number of anilines is 1. The quantitative estimate of drug-likeness (QED) is 0.307. The number of aliphatic hydroxyl groups is 2. The van der Waals surface area contributed by atoms with Crippen molar-refractivity contribution in [2.24, 2.45) is 28.6 Å². The van der Waals surface area contributed by atoms with Gasteiger partial charge in [-0.15, -0.1) is 11.8 Å². The first-order chi connectivity index (χ1) is 20.6. The number of nitrogen functional groups attached to an aromatic ring is 1. The molecule has 7 rings (SSSR count). The van der Waals surface area contributed by atoms with E-state index < -0.39 is 41.5 Å². The predicted octanol–water partition coefficient (Wildman–Crippen LogP) is 5.16. The van der Waals surface area contributed by atoms with Crippen LogP contribution in [-0.4, -0.2) is 46.2 Å². The highest BCUT2D eigenvalue weighted by Gasteiger charge is 2.75. The minimum absolute atomic E-state index is 0.00460. The van der Waals surface area contributed by atoms with Gasteiger partial charge in [-0.1, -0.05) is 55.8 Å². The molecule has 226 valence electrons. The Hall–Kier alpha value is -2.75. The fraction of sp³-hybridized carbons (Fsp3) is 0.486. The molecule has 1 saturated heterocycles. The molecule has 2 aromatic rings. The number of ketones is 2. The zero-order valence-corrected chi connectivity index (χ0v) is 25.4. The summed E-state index contributed by atoms with van der Waals surface area (Å²) in [4.78, 5) is 27.0. The molecule has 9 atom stereocenters. The van der Waals surface area contributed by atoms with Crippen LogP contribution in [0, 0.1) is 28.6 Å². The fourth-order valence-electron chi connectivity index (χ4n) is 9.38. The van der Waals surface area contributed by atoms with E-state index in [1.165, 1.54) is 0 Å². The number of carbonyl (C=O) groups excluding carboxylic acids is 2. The van der Waals surface area contributed by atoms with Crippen molar-refractivity contribution < 1.29 is 29.3 Å². The first kappa shape index (κ1) is 29.0. The molecule has 3 saturated carbocycles. The van der Waals surface area contributed by atoms with Gasteiger partial charge in [0.05, 0.1) is 12.2 Å². The predicted molar refractivity (Wildman–Crippen MR) is 164 cm³/mol. The van der Waals surface area contributed by atoms with Crippen LogP contribution in [-0.2, 0) is 24.8 Å². The number of thioether (sulfide) groups is 1. The van der Waals surface area contributed by atoms with Crippen molar-refractivity contribution in [1.82, 2.24) is 0 Å². The van der Waals surface area contributed by atoms with E-state index in [1.54, 1.807) is 23.9 Å². The first-order valence-electron chi connectivity index (χ1n) is 15.3. The van der Waals surface area contributed by atoms with Crippen LogP contribution in [0.3, 0.4) is 0 Å². The van der Waals surface area contributed by atoms with Crippen LogP contribution in [0.1, 0.15) is 56.9 Å². The van der Waals surface area contributed by atoms with Crippen LogP contribution in [0.2, 0.25) is 0 Å². The van der Waals surface area contributed by atoms with E-state index in [1.807, 2.05) is 54.6 Å². The standard InChI is InChI=1S/C35H39NO6S/c1-33-13-12-24(38)14-22(33)10-11-26-27-16-30-35(29(40)18-37,34(27,2)17-28(39)31(26)33)42-32(41-30)21-8-6-20(7-9-21)19-43-25-5-3-4-23(36)15-25/h3-9,12-15,26-28,30-32,37,39H,10-11,16-19,36H2,1-2H3/t26-,27?,28-,30+,31?,32+,33-,34-,35+/m0/s1. The Morgan fingerprint density at radius 1 is 1.16 bits per heavy atom. The Bertz CT molecular complexity index is 1520. The van der Waals surface area contributed by atoms with Gasteiger partial charge in [0.1, 0.15) is 6.61 Å². The number of benzene rings is 2. The van der Waals surface area contributed by atoms with Gasteiger partial charge in [-0.25, -0.2) is 0 Å². The van der Waals surface area contributed by atoms with Crippen molar-refractivity contribution in [1.29, 1.82) is 0 Å². The molecular weight excluding hydrogens is 562 g/mol. The third kappa shape index (κ3) is 4.32. The molecule has 4 fully saturated rings.